The second-order valence-corrected chi connectivity index (χ2v) is 10.4. The number of alkyl carbamates (subject to hydrolysis) is 1. The number of hydrogen-bond donors (Lipinski definition) is 2. The summed E-state index contributed by atoms with van der Waals surface area (Å²) in [5, 5.41) is 11.9. The van der Waals surface area contributed by atoms with Crippen molar-refractivity contribution in [3.05, 3.63) is 53.6 Å². The molecule has 1 aliphatic rings. The molecular weight excluding hydrogens is 502 g/mol. The summed E-state index contributed by atoms with van der Waals surface area (Å²) in [5.41, 5.74) is 1.79. The summed E-state index contributed by atoms with van der Waals surface area (Å²) in [4.78, 5) is 52.6. The lowest BCUT2D eigenvalue weighted by molar-refractivity contribution is -0.137. The highest BCUT2D eigenvalue weighted by Crippen LogP contribution is 2.34. The third kappa shape index (κ3) is 8.46. The number of carboxylic acids is 1. The molecule has 2 aromatic rings. The molecule has 0 spiro atoms. The average Bonchev–Trinajstić information content (AvgIpc) is 2.97. The molecule has 3 rings (SSSR count). The summed E-state index contributed by atoms with van der Waals surface area (Å²) in [6.45, 7) is 5.66. The molecule has 10 heteroatoms. The second-order valence-electron chi connectivity index (χ2n) is 10.4. The highest BCUT2D eigenvalue weighted by molar-refractivity contribution is 6.13. The van der Waals surface area contributed by atoms with Crippen LogP contribution in [0.15, 0.2) is 42.5 Å². The first-order valence-corrected chi connectivity index (χ1v) is 13.1. The number of carboxylic acid groups (broad SMARTS) is 1. The number of benzene rings is 2. The van der Waals surface area contributed by atoms with Crippen molar-refractivity contribution in [3.8, 4) is 5.75 Å². The van der Waals surface area contributed by atoms with Gasteiger partial charge in [-0.15, -0.1) is 0 Å². The molecule has 210 valence electrons. The molecule has 1 aliphatic heterocycles. The molecule has 10 nitrogen and oxygen atoms in total. The Bertz CT molecular complexity index is 1190. The summed E-state index contributed by atoms with van der Waals surface area (Å²) >= 11 is 0. The Morgan fingerprint density at radius 1 is 1.03 bits per heavy atom. The third-order valence-corrected chi connectivity index (χ3v) is 6.13. The normalized spacial score (nSPS) is 13.5. The summed E-state index contributed by atoms with van der Waals surface area (Å²) in [6.07, 6.45) is 2.50. The van der Waals surface area contributed by atoms with Crippen LogP contribution in [0, 0.1) is 0 Å². The van der Waals surface area contributed by atoms with Gasteiger partial charge >= 0.3 is 12.1 Å². The zero-order valence-corrected chi connectivity index (χ0v) is 23.0. The van der Waals surface area contributed by atoms with E-state index >= 15 is 0 Å². The highest BCUT2D eigenvalue weighted by atomic mass is 16.6. The van der Waals surface area contributed by atoms with Crippen LogP contribution in [0.1, 0.15) is 62.4 Å². The van der Waals surface area contributed by atoms with Gasteiger partial charge in [-0.05, 0) is 82.0 Å². The Balaban J connectivity index is 1.74. The van der Waals surface area contributed by atoms with E-state index in [-0.39, 0.29) is 31.3 Å². The van der Waals surface area contributed by atoms with E-state index in [2.05, 4.69) is 5.32 Å². The van der Waals surface area contributed by atoms with E-state index in [9.17, 15) is 19.2 Å². The molecule has 2 N–H and O–H groups in total. The van der Waals surface area contributed by atoms with Crippen molar-refractivity contribution >= 4 is 35.3 Å². The van der Waals surface area contributed by atoms with Crippen molar-refractivity contribution in [2.24, 2.45) is 0 Å². The van der Waals surface area contributed by atoms with E-state index in [0.29, 0.717) is 35.7 Å². The van der Waals surface area contributed by atoms with Crippen LogP contribution >= 0.6 is 0 Å². The minimum atomic E-state index is -1.04. The van der Waals surface area contributed by atoms with Crippen molar-refractivity contribution in [2.75, 3.05) is 31.6 Å². The maximum Gasteiger partial charge on any atom is 0.407 e. The van der Waals surface area contributed by atoms with Gasteiger partial charge in [0.2, 0.25) is 0 Å². The number of amides is 3. The lowest BCUT2D eigenvalue weighted by Crippen LogP contribution is -2.38. The monoisotopic (exact) mass is 539 g/mol. The number of fused-ring (bicyclic) bond motifs is 1. The molecule has 39 heavy (non-hydrogen) atoms. The van der Waals surface area contributed by atoms with Gasteiger partial charge in [0.15, 0.2) is 0 Å². The van der Waals surface area contributed by atoms with Crippen LogP contribution in [0.25, 0.3) is 0 Å². The molecule has 3 amide bonds. The van der Waals surface area contributed by atoms with Crippen molar-refractivity contribution in [1.82, 2.24) is 10.2 Å². The fourth-order valence-corrected chi connectivity index (χ4v) is 4.28. The minimum Gasteiger partial charge on any atom is -0.497 e. The van der Waals surface area contributed by atoms with Crippen LogP contribution in [-0.2, 0) is 20.7 Å². The van der Waals surface area contributed by atoms with E-state index in [1.807, 2.05) is 26.8 Å². The maximum atomic E-state index is 13.5. The van der Waals surface area contributed by atoms with Crippen LogP contribution < -0.4 is 15.0 Å². The fraction of sp³-hybridized carbons (Fsp3) is 0.448. The molecule has 0 saturated heterocycles. The molecule has 0 aliphatic carbocycles. The van der Waals surface area contributed by atoms with Gasteiger partial charge in [-0.3, -0.25) is 19.3 Å². The van der Waals surface area contributed by atoms with Crippen molar-refractivity contribution in [1.29, 1.82) is 0 Å². The molecule has 0 saturated carbocycles. The number of aliphatic carboxylic acids is 1. The van der Waals surface area contributed by atoms with E-state index in [4.69, 9.17) is 14.6 Å². The van der Waals surface area contributed by atoms with E-state index in [1.54, 1.807) is 43.5 Å². The van der Waals surface area contributed by atoms with Gasteiger partial charge in [-0.1, -0.05) is 12.5 Å². The first-order valence-electron chi connectivity index (χ1n) is 13.1. The Morgan fingerprint density at radius 2 is 1.74 bits per heavy atom. The Kier molecular flexibility index (Phi) is 9.92. The largest absolute Gasteiger partial charge is 0.497 e. The molecule has 0 radical (unpaired) electrons. The van der Waals surface area contributed by atoms with Crippen LogP contribution in [-0.4, -0.2) is 66.2 Å². The Morgan fingerprint density at radius 3 is 2.38 bits per heavy atom. The van der Waals surface area contributed by atoms with Crippen LogP contribution in [0.3, 0.4) is 0 Å². The smallest absolute Gasteiger partial charge is 0.407 e. The number of carbonyl (C=O) groups excluding carboxylic acids is 3. The second kappa shape index (κ2) is 13.1. The number of ether oxygens (including phenoxy) is 2. The van der Waals surface area contributed by atoms with Gasteiger partial charge in [0.05, 0.1) is 24.8 Å². The average molecular weight is 540 g/mol. The Labute approximate surface area is 228 Å². The molecule has 0 fully saturated rings. The summed E-state index contributed by atoms with van der Waals surface area (Å²) in [7, 11) is 1.56. The first kappa shape index (κ1) is 29.5. The topological polar surface area (TPSA) is 125 Å². The summed E-state index contributed by atoms with van der Waals surface area (Å²) in [5.74, 6) is -1.11. The molecule has 0 bridgehead atoms. The number of hydrogen-bond acceptors (Lipinski definition) is 6. The zero-order chi connectivity index (χ0) is 28.6. The lowest BCUT2D eigenvalue weighted by atomic mass is 10.0. The number of anilines is 2. The predicted octanol–water partition coefficient (Wildman–Crippen LogP) is 4.53. The number of methoxy groups -OCH3 is 1. The number of carbonyl (C=O) groups is 4. The standard InChI is InChI=1S/C29H37N3O7/c1-29(2,3)39-28(37)30-16-7-5-6-8-20-9-14-24-23(18-20)27(36)31(17-15-26(34)35)19-25(33)32(24)21-10-12-22(38-4)13-11-21/h9-14,18H,5-8,15-17,19H2,1-4H3,(H,30,37)(H,34,35). The van der Waals surface area contributed by atoms with Gasteiger partial charge in [0.1, 0.15) is 17.9 Å². The number of unbranched alkanes of at least 4 members (excludes halogenated alkanes) is 2. The zero-order valence-electron chi connectivity index (χ0n) is 23.0. The molecule has 0 unspecified atom stereocenters. The van der Waals surface area contributed by atoms with Crippen LogP contribution in [0.5, 0.6) is 5.75 Å². The number of nitrogens with zero attached hydrogens (tertiary/aromatic N) is 2. The molecule has 0 atom stereocenters. The third-order valence-electron chi connectivity index (χ3n) is 6.13. The summed E-state index contributed by atoms with van der Waals surface area (Å²) < 4.78 is 10.5. The van der Waals surface area contributed by atoms with E-state index in [1.165, 1.54) is 9.80 Å². The molecule has 0 aromatic heterocycles. The highest BCUT2D eigenvalue weighted by Gasteiger charge is 2.33. The van der Waals surface area contributed by atoms with Crippen molar-refractivity contribution in [2.45, 2.75) is 58.5 Å². The predicted molar refractivity (Wildman–Crippen MR) is 147 cm³/mol. The maximum absolute atomic E-state index is 13.5. The first-order chi connectivity index (χ1) is 18.5. The molecule has 1 heterocycles. The van der Waals surface area contributed by atoms with Gasteiger partial charge in [0, 0.05) is 18.8 Å². The SMILES string of the molecule is COc1ccc(N2C(=O)CN(CCC(=O)O)C(=O)c3cc(CCCCCNC(=O)OC(C)(C)C)ccc32)cc1. The van der Waals surface area contributed by atoms with Gasteiger partial charge in [0.25, 0.3) is 11.8 Å². The quantitative estimate of drug-likeness (QED) is 0.402. The van der Waals surface area contributed by atoms with Crippen molar-refractivity contribution < 1.29 is 33.8 Å². The molecule has 2 aromatic carbocycles. The Hall–Kier alpha value is -4.08. The lowest BCUT2D eigenvalue weighted by Gasteiger charge is -2.23. The number of nitrogens with one attached hydrogen (secondary N) is 1. The van der Waals surface area contributed by atoms with Gasteiger partial charge in [-0.25, -0.2) is 4.79 Å². The van der Waals surface area contributed by atoms with Crippen molar-refractivity contribution in [3.63, 3.8) is 0 Å². The number of aryl methyl sites for hydroxylation is 1. The van der Waals surface area contributed by atoms with Crippen LogP contribution in [0.2, 0.25) is 0 Å². The van der Waals surface area contributed by atoms with Gasteiger partial charge in [-0.2, -0.15) is 0 Å². The van der Waals surface area contributed by atoms with Crippen LogP contribution in [0.4, 0.5) is 16.2 Å². The fourth-order valence-electron chi connectivity index (χ4n) is 4.28. The van der Waals surface area contributed by atoms with Gasteiger partial charge < -0.3 is 24.8 Å². The molecular formula is C29H37N3O7. The number of rotatable bonds is 11. The van der Waals surface area contributed by atoms with E-state index < -0.39 is 17.7 Å². The van der Waals surface area contributed by atoms with E-state index in [0.717, 1.165) is 24.8 Å². The summed E-state index contributed by atoms with van der Waals surface area (Å²) in [6, 6.07) is 12.4. The minimum absolute atomic E-state index is 0.0648.